The number of aliphatic hydroxyl groups excluding tert-OH is 2. The topological polar surface area (TPSA) is 111 Å². The minimum atomic E-state index is -4.80. The Morgan fingerprint density at radius 2 is 2.23 bits per heavy atom. The van der Waals surface area contributed by atoms with E-state index in [0.29, 0.717) is 10.8 Å². The second-order valence-electron chi connectivity index (χ2n) is 4.91. The molecule has 0 saturated carbocycles. The Morgan fingerprint density at radius 3 is 2.68 bits per heavy atom. The molecular weight excluding hydrogens is 331 g/mol. The quantitative estimate of drug-likeness (QED) is 0.671. The number of aliphatic hydroxyl groups is 2. The second-order valence-corrected chi connectivity index (χ2v) is 5.18. The first-order chi connectivity index (χ1) is 10.1. The number of nitrogens with two attached hydrogens (primary N) is 1. The van der Waals surface area contributed by atoms with Crippen LogP contribution in [-0.2, 0) is 10.9 Å². The molecule has 0 bridgehead atoms. The minimum absolute atomic E-state index is 0.226. The van der Waals surface area contributed by atoms with Gasteiger partial charge in [0.05, 0.1) is 18.6 Å². The lowest BCUT2D eigenvalue weighted by Gasteiger charge is -2.27. The van der Waals surface area contributed by atoms with Crippen molar-refractivity contribution < 1.29 is 28.1 Å². The molecule has 1 saturated heterocycles. The molecule has 11 heteroatoms. The molecule has 2 rings (SSSR count). The number of aromatic nitrogens is 2. The summed E-state index contributed by atoms with van der Waals surface area (Å²) in [5.41, 5.74) is 1.20. The van der Waals surface area contributed by atoms with Gasteiger partial charge in [0.25, 0.3) is 0 Å². The molecule has 7 nitrogen and oxygen atoms in total. The van der Waals surface area contributed by atoms with E-state index >= 15 is 0 Å². The maximum absolute atomic E-state index is 12.8. The molecule has 1 aromatic rings. The maximum Gasteiger partial charge on any atom is 0.421 e. The maximum atomic E-state index is 12.8. The van der Waals surface area contributed by atoms with Crippen molar-refractivity contribution in [1.29, 1.82) is 0 Å². The normalized spacial score (nSPS) is 29.0. The molecule has 1 aliphatic rings. The third-order valence-corrected chi connectivity index (χ3v) is 3.95. The SMILES string of the molecule is Nc1nc(=O)n([C@H]2C[C@H](O)[C@](CO)(CCl)O2)cc1C(F)(F)F. The number of ether oxygens (including phenoxy) is 1. The summed E-state index contributed by atoms with van der Waals surface area (Å²) in [4.78, 5) is 14.9. The Hall–Kier alpha value is -1.36. The third kappa shape index (κ3) is 2.78. The Balaban J connectivity index is 2.45. The summed E-state index contributed by atoms with van der Waals surface area (Å²) in [5, 5.41) is 19.2. The van der Waals surface area contributed by atoms with Crippen molar-refractivity contribution in [1.82, 2.24) is 9.55 Å². The standard InChI is InChI=1S/C11H13ClF3N3O4/c12-3-10(4-19)6(20)1-7(22-10)18-2-5(11(13,14)15)8(16)17-9(18)21/h2,6-7,19-20H,1,3-4H2,(H2,16,17,21)/t6-,7+,10+/m0/s1. The number of anilines is 1. The van der Waals surface area contributed by atoms with Crippen molar-refractivity contribution in [3.05, 3.63) is 22.2 Å². The van der Waals surface area contributed by atoms with Crippen LogP contribution in [0.15, 0.2) is 11.0 Å². The Morgan fingerprint density at radius 1 is 1.59 bits per heavy atom. The van der Waals surface area contributed by atoms with Gasteiger partial charge in [-0.25, -0.2) is 4.79 Å². The van der Waals surface area contributed by atoms with Crippen LogP contribution in [0, 0.1) is 0 Å². The van der Waals surface area contributed by atoms with Crippen LogP contribution in [-0.4, -0.2) is 44.0 Å². The van der Waals surface area contributed by atoms with Gasteiger partial charge in [0.15, 0.2) is 0 Å². The predicted octanol–water partition coefficient (Wildman–Crippen LogP) is 0.0940. The average molecular weight is 344 g/mol. The van der Waals surface area contributed by atoms with Crippen LogP contribution in [0.25, 0.3) is 0 Å². The molecule has 0 amide bonds. The molecular formula is C11H13ClF3N3O4. The van der Waals surface area contributed by atoms with Gasteiger partial charge in [-0.1, -0.05) is 0 Å². The van der Waals surface area contributed by atoms with E-state index in [4.69, 9.17) is 22.1 Å². The average Bonchev–Trinajstić information content (AvgIpc) is 2.74. The first kappa shape index (κ1) is 17.0. The van der Waals surface area contributed by atoms with Crippen molar-refractivity contribution in [3.8, 4) is 0 Å². The Labute approximate surface area is 127 Å². The van der Waals surface area contributed by atoms with E-state index in [9.17, 15) is 28.2 Å². The summed E-state index contributed by atoms with van der Waals surface area (Å²) >= 11 is 5.63. The number of nitrogens with zero attached hydrogens (tertiary/aromatic N) is 2. The first-order valence-corrected chi connectivity index (χ1v) is 6.66. The smallest absolute Gasteiger partial charge is 0.393 e. The van der Waals surface area contributed by atoms with Crippen molar-refractivity contribution in [2.45, 2.75) is 30.5 Å². The second kappa shape index (κ2) is 5.69. The summed E-state index contributed by atoms with van der Waals surface area (Å²) in [6.07, 6.45) is -7.05. The molecule has 4 N–H and O–H groups in total. The fourth-order valence-corrected chi connectivity index (χ4v) is 2.51. The lowest BCUT2D eigenvalue weighted by molar-refractivity contribution is -0.138. The molecule has 0 aliphatic carbocycles. The monoisotopic (exact) mass is 343 g/mol. The van der Waals surface area contributed by atoms with Crippen LogP contribution in [0.3, 0.4) is 0 Å². The molecule has 3 atom stereocenters. The fraction of sp³-hybridized carbons (Fsp3) is 0.636. The molecule has 1 fully saturated rings. The zero-order valence-corrected chi connectivity index (χ0v) is 11.8. The van der Waals surface area contributed by atoms with E-state index < -0.39 is 47.8 Å². The number of nitrogen functional groups attached to an aromatic ring is 1. The van der Waals surface area contributed by atoms with Gasteiger partial charge in [-0.2, -0.15) is 18.2 Å². The highest BCUT2D eigenvalue weighted by molar-refractivity contribution is 6.18. The highest BCUT2D eigenvalue weighted by Gasteiger charge is 2.48. The van der Waals surface area contributed by atoms with Crippen molar-refractivity contribution in [3.63, 3.8) is 0 Å². The van der Waals surface area contributed by atoms with Crippen molar-refractivity contribution in [2.24, 2.45) is 0 Å². The van der Waals surface area contributed by atoms with Gasteiger partial charge in [-0.3, -0.25) is 4.57 Å². The molecule has 1 aromatic heterocycles. The molecule has 0 unspecified atom stereocenters. The highest BCUT2D eigenvalue weighted by Crippen LogP contribution is 2.38. The van der Waals surface area contributed by atoms with E-state index in [2.05, 4.69) is 4.98 Å². The fourth-order valence-electron chi connectivity index (χ4n) is 2.19. The Kier molecular flexibility index (Phi) is 4.39. The lowest BCUT2D eigenvalue weighted by atomic mass is 10.0. The molecule has 22 heavy (non-hydrogen) atoms. The number of halogens is 4. The van der Waals surface area contributed by atoms with Crippen molar-refractivity contribution in [2.75, 3.05) is 18.2 Å². The van der Waals surface area contributed by atoms with E-state index in [0.717, 1.165) is 0 Å². The zero-order valence-electron chi connectivity index (χ0n) is 11.0. The van der Waals surface area contributed by atoms with Gasteiger partial charge in [0, 0.05) is 12.6 Å². The van der Waals surface area contributed by atoms with Gasteiger partial charge in [0.2, 0.25) is 0 Å². The van der Waals surface area contributed by atoms with Crippen molar-refractivity contribution >= 4 is 17.4 Å². The summed E-state index contributed by atoms with van der Waals surface area (Å²) in [7, 11) is 0. The minimum Gasteiger partial charge on any atom is -0.393 e. The van der Waals surface area contributed by atoms with Crippen LogP contribution in [0.5, 0.6) is 0 Å². The summed E-state index contributed by atoms with van der Waals surface area (Å²) in [6.45, 7) is -0.655. The van der Waals surface area contributed by atoms with Crippen LogP contribution in [0.4, 0.5) is 19.0 Å². The predicted molar refractivity (Wildman–Crippen MR) is 69.2 cm³/mol. The molecule has 0 spiro atoms. The van der Waals surface area contributed by atoms with Gasteiger partial charge in [-0.05, 0) is 0 Å². The van der Waals surface area contributed by atoms with Crippen LogP contribution in [0.1, 0.15) is 18.2 Å². The van der Waals surface area contributed by atoms with E-state index in [1.807, 2.05) is 0 Å². The van der Waals surface area contributed by atoms with Crippen LogP contribution in [0.2, 0.25) is 0 Å². The summed E-state index contributed by atoms with van der Waals surface area (Å²) < 4.78 is 44.4. The van der Waals surface area contributed by atoms with E-state index in [1.54, 1.807) is 0 Å². The summed E-state index contributed by atoms with van der Waals surface area (Å²) in [5.74, 6) is -1.25. The first-order valence-electron chi connectivity index (χ1n) is 6.13. The lowest BCUT2D eigenvalue weighted by Crippen LogP contribution is -2.45. The number of rotatable bonds is 3. The number of alkyl halides is 4. The molecule has 0 aromatic carbocycles. The largest absolute Gasteiger partial charge is 0.421 e. The van der Waals surface area contributed by atoms with E-state index in [-0.39, 0.29) is 12.3 Å². The molecule has 0 radical (unpaired) electrons. The van der Waals surface area contributed by atoms with Gasteiger partial charge < -0.3 is 20.7 Å². The van der Waals surface area contributed by atoms with Gasteiger partial charge >= 0.3 is 11.9 Å². The molecule has 2 heterocycles. The molecule has 1 aliphatic heterocycles. The van der Waals surface area contributed by atoms with Gasteiger partial charge in [-0.15, -0.1) is 11.6 Å². The Bertz CT molecular complexity index is 618. The third-order valence-electron chi connectivity index (χ3n) is 3.49. The number of hydrogen-bond acceptors (Lipinski definition) is 6. The summed E-state index contributed by atoms with van der Waals surface area (Å²) in [6, 6.07) is 0. The number of hydrogen-bond donors (Lipinski definition) is 3. The van der Waals surface area contributed by atoms with Gasteiger partial charge in [0.1, 0.15) is 23.2 Å². The van der Waals surface area contributed by atoms with E-state index in [1.165, 1.54) is 0 Å². The zero-order chi connectivity index (χ0) is 16.7. The molecule has 124 valence electrons. The highest BCUT2D eigenvalue weighted by atomic mass is 35.5. The van der Waals surface area contributed by atoms with Crippen LogP contribution >= 0.6 is 11.6 Å². The van der Waals surface area contributed by atoms with Crippen LogP contribution < -0.4 is 11.4 Å².